The van der Waals surface area contributed by atoms with Crippen LogP contribution in [0, 0.1) is 5.92 Å². The molecule has 1 N–H and O–H groups in total. The highest BCUT2D eigenvalue weighted by Crippen LogP contribution is 2.47. The van der Waals surface area contributed by atoms with Crippen LogP contribution in [0.5, 0.6) is 0 Å². The zero-order chi connectivity index (χ0) is 15.6. The Balaban J connectivity index is 1.91. The fourth-order valence-corrected chi connectivity index (χ4v) is 1.94. The van der Waals surface area contributed by atoms with Gasteiger partial charge >= 0.3 is 12.1 Å². The Kier molecular flexibility index (Phi) is 4.11. The van der Waals surface area contributed by atoms with E-state index in [1.165, 1.54) is 13.3 Å². The van der Waals surface area contributed by atoms with Crippen molar-refractivity contribution < 1.29 is 19.1 Å². The number of anilines is 1. The molecule has 1 amide bonds. The molecule has 0 bridgehead atoms. The lowest BCUT2D eigenvalue weighted by atomic mass is 10.2. The summed E-state index contributed by atoms with van der Waals surface area (Å²) in [6.45, 7) is 5.34. The zero-order valence-corrected chi connectivity index (χ0v) is 12.5. The third-order valence-electron chi connectivity index (χ3n) is 2.98. The van der Waals surface area contributed by atoms with Gasteiger partial charge in [0, 0.05) is 5.92 Å². The van der Waals surface area contributed by atoms with Gasteiger partial charge in [0.05, 0.1) is 31.1 Å². The van der Waals surface area contributed by atoms with Crippen LogP contribution in [0.2, 0.25) is 0 Å². The molecule has 7 heteroatoms. The maximum atomic E-state index is 11.6. The number of nitrogens with zero attached hydrogens (tertiary/aromatic N) is 2. The predicted octanol–water partition coefficient (Wildman–Crippen LogP) is 2.10. The molecule has 114 valence electrons. The number of carbonyl (C=O) groups excluding carboxylic acids is 2. The van der Waals surface area contributed by atoms with Crippen LogP contribution in [-0.4, -0.2) is 34.7 Å². The first-order chi connectivity index (χ1) is 9.80. The number of methoxy groups -OCH3 is 1. The van der Waals surface area contributed by atoms with Gasteiger partial charge in [-0.3, -0.25) is 15.1 Å². The van der Waals surface area contributed by atoms with Gasteiger partial charge in [-0.1, -0.05) is 0 Å². The zero-order valence-electron chi connectivity index (χ0n) is 12.5. The van der Waals surface area contributed by atoms with Gasteiger partial charge in [-0.05, 0) is 27.2 Å². The largest absolute Gasteiger partial charge is 0.469 e. The third kappa shape index (κ3) is 4.14. The molecular formula is C14H19N3O4. The number of esters is 1. The first-order valence-electron chi connectivity index (χ1n) is 6.70. The van der Waals surface area contributed by atoms with Crippen LogP contribution in [0.15, 0.2) is 12.4 Å². The van der Waals surface area contributed by atoms with Crippen molar-refractivity contribution in [2.24, 2.45) is 5.92 Å². The fraction of sp³-hybridized carbons (Fsp3) is 0.571. The topological polar surface area (TPSA) is 90.4 Å². The summed E-state index contributed by atoms with van der Waals surface area (Å²) in [6.07, 6.45) is 3.15. The Labute approximate surface area is 123 Å². The van der Waals surface area contributed by atoms with Crippen LogP contribution < -0.4 is 5.32 Å². The molecule has 1 saturated carbocycles. The Bertz CT molecular complexity index is 536. The van der Waals surface area contributed by atoms with Crippen LogP contribution in [0.1, 0.15) is 38.8 Å². The Morgan fingerprint density at radius 2 is 2.00 bits per heavy atom. The summed E-state index contributed by atoms with van der Waals surface area (Å²) >= 11 is 0. The minimum Gasteiger partial charge on any atom is -0.469 e. The van der Waals surface area contributed by atoms with E-state index in [1.54, 1.807) is 27.0 Å². The fourth-order valence-electron chi connectivity index (χ4n) is 1.94. The second-order valence-corrected chi connectivity index (χ2v) is 5.93. The lowest BCUT2D eigenvalue weighted by Crippen LogP contribution is -2.27. The van der Waals surface area contributed by atoms with E-state index in [-0.39, 0.29) is 17.8 Å². The summed E-state index contributed by atoms with van der Waals surface area (Å²) in [5.74, 6) is 0.00974. The first kappa shape index (κ1) is 15.2. The van der Waals surface area contributed by atoms with Crippen molar-refractivity contribution in [3.8, 4) is 0 Å². The van der Waals surface area contributed by atoms with E-state index in [4.69, 9.17) is 4.74 Å². The van der Waals surface area contributed by atoms with Gasteiger partial charge in [0.25, 0.3) is 0 Å². The second-order valence-electron chi connectivity index (χ2n) is 5.93. The minimum atomic E-state index is -0.580. The summed E-state index contributed by atoms with van der Waals surface area (Å²) in [6, 6.07) is 0. The molecule has 1 aliphatic rings. The van der Waals surface area contributed by atoms with Crippen molar-refractivity contribution in [1.29, 1.82) is 0 Å². The summed E-state index contributed by atoms with van der Waals surface area (Å²) in [7, 11) is 1.37. The average Bonchev–Trinajstić information content (AvgIpc) is 3.16. The van der Waals surface area contributed by atoms with Crippen molar-refractivity contribution in [1.82, 2.24) is 9.97 Å². The number of hydrogen-bond donors (Lipinski definition) is 1. The molecule has 0 aliphatic heterocycles. The SMILES string of the molecule is COC(=O)C1CC1c1cnc(NC(=O)OC(C)(C)C)cn1. The highest BCUT2D eigenvalue weighted by molar-refractivity contribution is 5.83. The Morgan fingerprint density at radius 1 is 1.29 bits per heavy atom. The Morgan fingerprint density at radius 3 is 2.52 bits per heavy atom. The third-order valence-corrected chi connectivity index (χ3v) is 2.98. The molecule has 1 aromatic rings. The molecule has 0 radical (unpaired) electrons. The lowest BCUT2D eigenvalue weighted by molar-refractivity contribution is -0.142. The molecule has 0 aromatic carbocycles. The van der Waals surface area contributed by atoms with Gasteiger partial charge in [-0.25, -0.2) is 9.78 Å². The van der Waals surface area contributed by atoms with Gasteiger partial charge in [-0.15, -0.1) is 0 Å². The van der Waals surface area contributed by atoms with Crippen LogP contribution in [-0.2, 0) is 14.3 Å². The summed E-state index contributed by atoms with van der Waals surface area (Å²) in [5, 5.41) is 2.50. The molecule has 1 heterocycles. The number of hydrogen-bond acceptors (Lipinski definition) is 6. The lowest BCUT2D eigenvalue weighted by Gasteiger charge is -2.19. The number of nitrogens with one attached hydrogen (secondary N) is 1. The number of carbonyl (C=O) groups is 2. The molecule has 1 aromatic heterocycles. The van der Waals surface area contributed by atoms with E-state index < -0.39 is 11.7 Å². The van der Waals surface area contributed by atoms with Gasteiger partial charge in [0.1, 0.15) is 5.60 Å². The van der Waals surface area contributed by atoms with Gasteiger partial charge in [-0.2, -0.15) is 0 Å². The van der Waals surface area contributed by atoms with Gasteiger partial charge in [0.2, 0.25) is 0 Å². The average molecular weight is 293 g/mol. The molecule has 21 heavy (non-hydrogen) atoms. The van der Waals surface area contributed by atoms with Crippen molar-refractivity contribution in [3.63, 3.8) is 0 Å². The molecule has 1 aliphatic carbocycles. The maximum absolute atomic E-state index is 11.6. The summed E-state index contributed by atoms with van der Waals surface area (Å²) in [5.41, 5.74) is 0.152. The molecule has 2 atom stereocenters. The molecule has 1 fully saturated rings. The number of ether oxygens (including phenoxy) is 2. The van der Waals surface area contributed by atoms with Crippen LogP contribution in [0.4, 0.5) is 10.6 Å². The van der Waals surface area contributed by atoms with E-state index in [2.05, 4.69) is 20.0 Å². The first-order valence-corrected chi connectivity index (χ1v) is 6.70. The molecule has 2 unspecified atom stereocenters. The number of amides is 1. The minimum absolute atomic E-state index is 0.0560. The quantitative estimate of drug-likeness (QED) is 0.858. The number of rotatable bonds is 3. The molecule has 7 nitrogen and oxygen atoms in total. The molecule has 0 spiro atoms. The van der Waals surface area contributed by atoms with Crippen molar-refractivity contribution in [3.05, 3.63) is 18.1 Å². The maximum Gasteiger partial charge on any atom is 0.413 e. The van der Waals surface area contributed by atoms with Crippen molar-refractivity contribution in [2.45, 2.75) is 38.7 Å². The molecular weight excluding hydrogens is 274 g/mol. The highest BCUT2D eigenvalue weighted by Gasteiger charge is 2.46. The highest BCUT2D eigenvalue weighted by atomic mass is 16.6. The number of aromatic nitrogens is 2. The standard InChI is InChI=1S/C14H19N3O4/c1-14(2,3)21-13(19)17-11-7-15-10(6-16-11)8-5-9(8)12(18)20-4/h6-9H,5H2,1-4H3,(H,16,17,19). The van der Waals surface area contributed by atoms with E-state index in [0.29, 0.717) is 5.82 Å². The smallest absolute Gasteiger partial charge is 0.413 e. The molecule has 0 saturated heterocycles. The predicted molar refractivity (Wildman–Crippen MR) is 74.8 cm³/mol. The van der Waals surface area contributed by atoms with Crippen LogP contribution >= 0.6 is 0 Å². The summed E-state index contributed by atoms with van der Waals surface area (Å²) < 4.78 is 9.80. The van der Waals surface area contributed by atoms with E-state index in [1.807, 2.05) is 0 Å². The van der Waals surface area contributed by atoms with Crippen LogP contribution in [0.25, 0.3) is 0 Å². The monoisotopic (exact) mass is 293 g/mol. The second kappa shape index (κ2) is 5.67. The van der Waals surface area contributed by atoms with Crippen molar-refractivity contribution in [2.75, 3.05) is 12.4 Å². The summed E-state index contributed by atoms with van der Waals surface area (Å²) in [4.78, 5) is 31.3. The van der Waals surface area contributed by atoms with Crippen LogP contribution in [0.3, 0.4) is 0 Å². The van der Waals surface area contributed by atoms with E-state index in [0.717, 1.165) is 12.1 Å². The molecule has 2 rings (SSSR count). The normalized spacial score (nSPS) is 20.6. The Hall–Kier alpha value is -2.18. The van der Waals surface area contributed by atoms with Gasteiger partial charge < -0.3 is 9.47 Å². The van der Waals surface area contributed by atoms with E-state index in [9.17, 15) is 9.59 Å². The van der Waals surface area contributed by atoms with Gasteiger partial charge in [0.15, 0.2) is 5.82 Å². The van der Waals surface area contributed by atoms with E-state index >= 15 is 0 Å². The van der Waals surface area contributed by atoms with Crippen molar-refractivity contribution >= 4 is 17.9 Å².